The van der Waals surface area contributed by atoms with Crippen LogP contribution in [0.4, 0.5) is 5.69 Å². The van der Waals surface area contributed by atoms with E-state index in [1.54, 1.807) is 36.7 Å². The number of hydrogen-bond acceptors (Lipinski definition) is 4. The lowest BCUT2D eigenvalue weighted by atomic mass is 9.72. The van der Waals surface area contributed by atoms with Crippen molar-refractivity contribution in [3.05, 3.63) is 94.8 Å². The number of aromatic carboxylic acids is 1. The number of fused-ring (bicyclic) bond motifs is 1. The van der Waals surface area contributed by atoms with Crippen LogP contribution in [0.15, 0.2) is 67.0 Å². The highest BCUT2D eigenvalue weighted by molar-refractivity contribution is 5.97. The van der Waals surface area contributed by atoms with E-state index >= 15 is 0 Å². The summed E-state index contributed by atoms with van der Waals surface area (Å²) in [6.07, 6.45) is 4.34. The van der Waals surface area contributed by atoms with Crippen molar-refractivity contribution in [2.75, 3.05) is 5.32 Å². The molecule has 30 heavy (non-hydrogen) atoms. The second kappa shape index (κ2) is 7.75. The van der Waals surface area contributed by atoms with Crippen LogP contribution in [0.25, 0.3) is 0 Å². The highest BCUT2D eigenvalue weighted by Gasteiger charge is 2.36. The summed E-state index contributed by atoms with van der Waals surface area (Å²) in [5.74, 6) is -0.869. The van der Waals surface area contributed by atoms with E-state index in [2.05, 4.69) is 36.3 Å². The standard InChI is InChI=1S/C25H24N2O3/c1-25(2)14-20-13-18(24(29)30)8-9-21(20)27-23(25)17-6-3-5-16(11-17)12-22(28)19-7-4-10-26-15-19/h3-11,13,15,23,27H,12,14H2,1-2H3,(H,29,30). The molecule has 1 unspecified atom stereocenters. The SMILES string of the molecule is CC1(C)Cc2cc(C(=O)O)ccc2NC1c1cccc(CC(=O)c2cccnc2)c1. The van der Waals surface area contributed by atoms with Crippen LogP contribution in [0.3, 0.4) is 0 Å². The highest BCUT2D eigenvalue weighted by Crippen LogP contribution is 2.45. The number of benzene rings is 2. The third kappa shape index (κ3) is 3.96. The minimum Gasteiger partial charge on any atom is -0.478 e. The van der Waals surface area contributed by atoms with Crippen molar-refractivity contribution < 1.29 is 14.7 Å². The quantitative estimate of drug-likeness (QED) is 0.593. The molecule has 0 amide bonds. The molecule has 0 fully saturated rings. The minimum atomic E-state index is -0.913. The molecule has 152 valence electrons. The van der Waals surface area contributed by atoms with Gasteiger partial charge in [0.05, 0.1) is 11.6 Å². The van der Waals surface area contributed by atoms with Gasteiger partial charge in [0.15, 0.2) is 5.78 Å². The number of carbonyl (C=O) groups is 2. The topological polar surface area (TPSA) is 79.3 Å². The van der Waals surface area contributed by atoms with Crippen molar-refractivity contribution in [3.8, 4) is 0 Å². The zero-order chi connectivity index (χ0) is 21.3. The molecule has 0 bridgehead atoms. The van der Waals surface area contributed by atoms with Gasteiger partial charge in [-0.2, -0.15) is 0 Å². The lowest BCUT2D eigenvalue weighted by Crippen LogP contribution is -2.35. The maximum atomic E-state index is 12.6. The molecule has 2 N–H and O–H groups in total. The van der Waals surface area contributed by atoms with E-state index < -0.39 is 5.97 Å². The number of Topliss-reactive ketones (excluding diaryl/α,β-unsaturated/α-hetero) is 1. The number of carboxylic acids is 1. The van der Waals surface area contributed by atoms with Crippen LogP contribution in [0, 0.1) is 5.41 Å². The molecular formula is C25H24N2O3. The first-order valence-corrected chi connectivity index (χ1v) is 9.98. The molecule has 3 aromatic rings. The van der Waals surface area contributed by atoms with Crippen molar-refractivity contribution in [1.82, 2.24) is 4.98 Å². The van der Waals surface area contributed by atoms with E-state index in [0.29, 0.717) is 17.5 Å². The first-order chi connectivity index (χ1) is 14.3. The van der Waals surface area contributed by atoms with E-state index in [0.717, 1.165) is 28.8 Å². The number of aromatic nitrogens is 1. The number of nitrogens with one attached hydrogen (secondary N) is 1. The second-order valence-electron chi connectivity index (χ2n) is 8.51. The Morgan fingerprint density at radius 3 is 2.67 bits per heavy atom. The van der Waals surface area contributed by atoms with E-state index in [9.17, 15) is 14.7 Å². The zero-order valence-corrected chi connectivity index (χ0v) is 17.1. The van der Waals surface area contributed by atoms with Crippen LogP contribution < -0.4 is 5.32 Å². The van der Waals surface area contributed by atoms with Gasteiger partial charge in [-0.1, -0.05) is 38.1 Å². The monoisotopic (exact) mass is 400 g/mol. The number of anilines is 1. The van der Waals surface area contributed by atoms with Gasteiger partial charge >= 0.3 is 5.97 Å². The molecule has 0 radical (unpaired) electrons. The molecule has 0 spiro atoms. The molecule has 5 heteroatoms. The summed E-state index contributed by atoms with van der Waals surface area (Å²) in [7, 11) is 0. The molecule has 1 atom stereocenters. The number of carboxylic acid groups (broad SMARTS) is 1. The van der Waals surface area contributed by atoms with E-state index in [4.69, 9.17) is 0 Å². The van der Waals surface area contributed by atoms with Gasteiger partial charge in [0.25, 0.3) is 0 Å². The van der Waals surface area contributed by atoms with Gasteiger partial charge in [0, 0.05) is 30.1 Å². The highest BCUT2D eigenvalue weighted by atomic mass is 16.4. The van der Waals surface area contributed by atoms with Gasteiger partial charge < -0.3 is 10.4 Å². The maximum absolute atomic E-state index is 12.6. The van der Waals surface area contributed by atoms with Crippen LogP contribution in [-0.4, -0.2) is 21.8 Å². The molecule has 0 saturated heterocycles. The number of hydrogen-bond donors (Lipinski definition) is 2. The molecule has 4 rings (SSSR count). The first-order valence-electron chi connectivity index (χ1n) is 9.98. The Bertz CT molecular complexity index is 1110. The smallest absolute Gasteiger partial charge is 0.335 e. The summed E-state index contributed by atoms with van der Waals surface area (Å²) in [6.45, 7) is 4.35. The Kier molecular flexibility index (Phi) is 5.12. The van der Waals surface area contributed by atoms with Crippen molar-refractivity contribution in [3.63, 3.8) is 0 Å². The fourth-order valence-corrected chi connectivity index (χ4v) is 4.19. The second-order valence-corrected chi connectivity index (χ2v) is 8.51. The summed E-state index contributed by atoms with van der Waals surface area (Å²) >= 11 is 0. The van der Waals surface area contributed by atoms with E-state index in [1.165, 1.54) is 0 Å². The summed E-state index contributed by atoms with van der Waals surface area (Å²) in [4.78, 5) is 27.9. The molecule has 1 aliphatic rings. The summed E-state index contributed by atoms with van der Waals surface area (Å²) in [5.41, 5.74) is 4.84. The third-order valence-electron chi connectivity index (χ3n) is 5.71. The molecule has 5 nitrogen and oxygen atoms in total. The molecule has 2 aromatic carbocycles. The minimum absolute atomic E-state index is 0.0441. The average Bonchev–Trinajstić information content (AvgIpc) is 2.73. The number of carbonyl (C=O) groups excluding carboxylic acids is 1. The normalized spacial score (nSPS) is 16.9. The van der Waals surface area contributed by atoms with Gasteiger partial charge in [-0.15, -0.1) is 0 Å². The van der Waals surface area contributed by atoms with Gasteiger partial charge in [0.2, 0.25) is 0 Å². The third-order valence-corrected chi connectivity index (χ3v) is 5.71. The number of nitrogens with zero attached hydrogens (tertiary/aromatic N) is 1. The Morgan fingerprint density at radius 2 is 1.93 bits per heavy atom. The van der Waals surface area contributed by atoms with E-state index in [-0.39, 0.29) is 17.2 Å². The van der Waals surface area contributed by atoms with Crippen molar-refractivity contribution >= 4 is 17.4 Å². The summed E-state index contributed by atoms with van der Waals surface area (Å²) < 4.78 is 0. The van der Waals surface area contributed by atoms with Crippen LogP contribution >= 0.6 is 0 Å². The van der Waals surface area contributed by atoms with Crippen LogP contribution in [0.5, 0.6) is 0 Å². The van der Waals surface area contributed by atoms with Crippen LogP contribution in [0.1, 0.15) is 57.3 Å². The van der Waals surface area contributed by atoms with Crippen LogP contribution in [-0.2, 0) is 12.8 Å². The Labute approximate surface area is 175 Å². The van der Waals surface area contributed by atoms with Crippen molar-refractivity contribution in [2.45, 2.75) is 32.7 Å². The first kappa shape index (κ1) is 19.8. The molecular weight excluding hydrogens is 376 g/mol. The van der Waals surface area contributed by atoms with Gasteiger partial charge in [0.1, 0.15) is 0 Å². The molecule has 2 heterocycles. The summed E-state index contributed by atoms with van der Waals surface area (Å²) in [5, 5.41) is 12.9. The number of pyridine rings is 1. The molecule has 1 aliphatic heterocycles. The van der Waals surface area contributed by atoms with Gasteiger partial charge in [-0.25, -0.2) is 4.79 Å². The Morgan fingerprint density at radius 1 is 1.10 bits per heavy atom. The lowest BCUT2D eigenvalue weighted by molar-refractivity contribution is 0.0696. The average molecular weight is 400 g/mol. The lowest BCUT2D eigenvalue weighted by Gasteiger charge is -2.41. The largest absolute Gasteiger partial charge is 0.478 e. The Balaban J connectivity index is 1.60. The van der Waals surface area contributed by atoms with Crippen LogP contribution in [0.2, 0.25) is 0 Å². The molecule has 0 aliphatic carbocycles. The van der Waals surface area contributed by atoms with E-state index in [1.807, 2.05) is 18.2 Å². The molecule has 1 aromatic heterocycles. The van der Waals surface area contributed by atoms with Gasteiger partial charge in [-0.3, -0.25) is 9.78 Å². The fraction of sp³-hybridized carbons (Fsp3) is 0.240. The Hall–Kier alpha value is -3.47. The van der Waals surface area contributed by atoms with Crippen molar-refractivity contribution in [2.24, 2.45) is 5.41 Å². The fourth-order valence-electron chi connectivity index (χ4n) is 4.19. The van der Waals surface area contributed by atoms with Gasteiger partial charge in [-0.05, 0) is 58.9 Å². The summed E-state index contributed by atoms with van der Waals surface area (Å²) in [6, 6.07) is 17.0. The predicted molar refractivity (Wildman–Crippen MR) is 116 cm³/mol. The van der Waals surface area contributed by atoms with Crippen molar-refractivity contribution in [1.29, 1.82) is 0 Å². The predicted octanol–water partition coefficient (Wildman–Crippen LogP) is 4.94. The molecule has 0 saturated carbocycles. The zero-order valence-electron chi connectivity index (χ0n) is 17.1. The maximum Gasteiger partial charge on any atom is 0.335 e. The number of ketones is 1. The number of rotatable bonds is 5.